The Bertz CT molecular complexity index is 724. The van der Waals surface area contributed by atoms with Crippen molar-refractivity contribution < 1.29 is 23.1 Å². The van der Waals surface area contributed by atoms with E-state index in [0.717, 1.165) is 0 Å². The lowest BCUT2D eigenvalue weighted by Gasteiger charge is -2.44. The number of nitrogens with zero attached hydrogens (tertiary/aromatic N) is 4. The number of carboxylic acid groups (broad SMARTS) is 1. The first-order chi connectivity index (χ1) is 11.8. The largest absolute Gasteiger partial charge is 0.481 e. The Morgan fingerprint density at radius 2 is 2.04 bits per heavy atom. The third-order valence-corrected chi connectivity index (χ3v) is 5.37. The fraction of sp³-hybridized carbons (Fsp3) is 0.688. The monoisotopic (exact) mass is 356 g/mol. The van der Waals surface area contributed by atoms with E-state index < -0.39 is 24.1 Å². The van der Waals surface area contributed by atoms with E-state index in [1.165, 1.54) is 0 Å². The number of carboxylic acids is 1. The smallest absolute Gasteiger partial charge is 0.303 e. The molecule has 6 nitrogen and oxygen atoms in total. The second-order valence-corrected chi connectivity index (χ2v) is 7.16. The van der Waals surface area contributed by atoms with Gasteiger partial charge in [-0.25, -0.2) is 9.37 Å². The van der Waals surface area contributed by atoms with Crippen LogP contribution in [0, 0.1) is 5.92 Å². The van der Waals surface area contributed by atoms with Gasteiger partial charge in [0.1, 0.15) is 17.7 Å². The molecule has 0 aromatic carbocycles. The van der Waals surface area contributed by atoms with Crippen molar-refractivity contribution in [3.63, 3.8) is 0 Å². The zero-order valence-electron chi connectivity index (χ0n) is 13.8. The van der Waals surface area contributed by atoms with Crippen molar-refractivity contribution in [2.24, 2.45) is 5.92 Å². The summed E-state index contributed by atoms with van der Waals surface area (Å²) < 4.78 is 41.9. The van der Waals surface area contributed by atoms with Gasteiger partial charge >= 0.3 is 5.97 Å². The highest BCUT2D eigenvalue weighted by molar-refractivity contribution is 5.68. The third kappa shape index (κ3) is 2.60. The highest BCUT2D eigenvalue weighted by atomic mass is 19.3. The molecule has 0 radical (unpaired) electrons. The van der Waals surface area contributed by atoms with Crippen molar-refractivity contribution in [3.8, 4) is 0 Å². The molecular weight excluding hydrogens is 337 g/mol. The minimum Gasteiger partial charge on any atom is -0.481 e. The molecule has 2 unspecified atom stereocenters. The fourth-order valence-corrected chi connectivity index (χ4v) is 3.73. The third-order valence-electron chi connectivity index (χ3n) is 5.37. The number of rotatable bonds is 4. The van der Waals surface area contributed by atoms with Gasteiger partial charge in [0.2, 0.25) is 5.95 Å². The minimum atomic E-state index is -3.00. The van der Waals surface area contributed by atoms with Crippen molar-refractivity contribution in [1.29, 1.82) is 0 Å². The lowest BCUT2D eigenvalue weighted by Crippen LogP contribution is -2.57. The molecular formula is C16H19F3N4O2. The van der Waals surface area contributed by atoms with Gasteiger partial charge in [-0.2, -0.15) is 13.8 Å². The maximum atomic E-state index is 14.2. The number of halogens is 3. The van der Waals surface area contributed by atoms with E-state index in [1.807, 2.05) is 4.90 Å². The first-order valence-electron chi connectivity index (χ1n) is 8.43. The lowest BCUT2D eigenvalue weighted by atomic mass is 9.96. The van der Waals surface area contributed by atoms with E-state index in [4.69, 9.17) is 5.11 Å². The molecule has 3 aliphatic rings. The van der Waals surface area contributed by atoms with E-state index >= 15 is 0 Å². The van der Waals surface area contributed by atoms with Crippen LogP contribution in [0.4, 0.5) is 24.9 Å². The van der Waals surface area contributed by atoms with Crippen molar-refractivity contribution in [2.45, 2.75) is 44.3 Å². The summed E-state index contributed by atoms with van der Waals surface area (Å²) in [6, 6.07) is -0.433. The molecule has 2 saturated heterocycles. The van der Waals surface area contributed by atoms with Gasteiger partial charge < -0.3 is 14.9 Å². The van der Waals surface area contributed by atoms with Gasteiger partial charge in [0, 0.05) is 31.0 Å². The first kappa shape index (κ1) is 16.4. The molecule has 0 saturated carbocycles. The van der Waals surface area contributed by atoms with Crippen LogP contribution in [0.25, 0.3) is 0 Å². The molecule has 0 amide bonds. The van der Waals surface area contributed by atoms with Crippen LogP contribution in [-0.2, 0) is 17.1 Å². The van der Waals surface area contributed by atoms with Gasteiger partial charge in [-0.05, 0) is 13.3 Å². The standard InChI is InChI=1S/C16H19F3N4O2/c1-8-11(17)7-23(8)15-20-13-10(2-3-16(13,18)19)14(21-15)22-5-9(6-22)4-12(24)25/h8-9,11H,2-7H2,1H3,(H,24,25). The quantitative estimate of drug-likeness (QED) is 0.890. The van der Waals surface area contributed by atoms with Crippen molar-refractivity contribution >= 4 is 17.7 Å². The molecule has 1 aliphatic carbocycles. The molecule has 25 heavy (non-hydrogen) atoms. The summed E-state index contributed by atoms with van der Waals surface area (Å²) in [5, 5.41) is 8.85. The van der Waals surface area contributed by atoms with Crippen LogP contribution in [0.15, 0.2) is 0 Å². The number of aliphatic carboxylic acids is 1. The van der Waals surface area contributed by atoms with Crippen LogP contribution < -0.4 is 9.80 Å². The Labute approximate surface area is 142 Å². The summed E-state index contributed by atoms with van der Waals surface area (Å²) in [6.45, 7) is 2.73. The Morgan fingerprint density at radius 1 is 1.32 bits per heavy atom. The van der Waals surface area contributed by atoms with Gasteiger partial charge in [-0.1, -0.05) is 0 Å². The van der Waals surface area contributed by atoms with Crippen LogP contribution in [0.5, 0.6) is 0 Å². The zero-order valence-corrected chi connectivity index (χ0v) is 13.8. The molecule has 2 aliphatic heterocycles. The van der Waals surface area contributed by atoms with Gasteiger partial charge in [0.25, 0.3) is 5.92 Å². The van der Waals surface area contributed by atoms with E-state index in [2.05, 4.69) is 9.97 Å². The van der Waals surface area contributed by atoms with Crippen molar-refractivity contribution in [1.82, 2.24) is 9.97 Å². The number of hydrogen-bond acceptors (Lipinski definition) is 5. The zero-order chi connectivity index (χ0) is 17.9. The Hall–Kier alpha value is -2.06. The summed E-state index contributed by atoms with van der Waals surface area (Å²) in [7, 11) is 0. The number of anilines is 2. The normalized spacial score (nSPS) is 27.7. The molecule has 4 rings (SSSR count). The Kier molecular flexibility index (Phi) is 3.59. The van der Waals surface area contributed by atoms with Gasteiger partial charge in [0.15, 0.2) is 0 Å². The summed E-state index contributed by atoms with van der Waals surface area (Å²) >= 11 is 0. The lowest BCUT2D eigenvalue weighted by molar-refractivity contribution is -0.138. The Morgan fingerprint density at radius 3 is 2.64 bits per heavy atom. The van der Waals surface area contributed by atoms with E-state index in [1.54, 1.807) is 11.8 Å². The number of fused-ring (bicyclic) bond motifs is 1. The number of hydrogen-bond donors (Lipinski definition) is 1. The number of aromatic nitrogens is 2. The summed E-state index contributed by atoms with van der Waals surface area (Å²) in [5.74, 6) is -3.29. The summed E-state index contributed by atoms with van der Waals surface area (Å²) in [4.78, 5) is 22.7. The summed E-state index contributed by atoms with van der Waals surface area (Å²) in [5.41, 5.74) is 0.177. The highest BCUT2D eigenvalue weighted by Gasteiger charge is 2.46. The van der Waals surface area contributed by atoms with Crippen LogP contribution in [0.2, 0.25) is 0 Å². The fourth-order valence-electron chi connectivity index (χ4n) is 3.73. The first-order valence-corrected chi connectivity index (χ1v) is 8.43. The van der Waals surface area contributed by atoms with E-state index in [-0.39, 0.29) is 43.4 Å². The van der Waals surface area contributed by atoms with Crippen LogP contribution in [-0.4, -0.2) is 52.9 Å². The van der Waals surface area contributed by atoms with Gasteiger partial charge in [-0.3, -0.25) is 4.79 Å². The van der Waals surface area contributed by atoms with Crippen molar-refractivity contribution in [3.05, 3.63) is 11.3 Å². The number of carbonyl (C=O) groups is 1. The topological polar surface area (TPSA) is 69.6 Å². The van der Waals surface area contributed by atoms with Crippen molar-refractivity contribution in [2.75, 3.05) is 29.4 Å². The number of alkyl halides is 3. The molecule has 1 N–H and O–H groups in total. The van der Waals surface area contributed by atoms with Crippen LogP contribution >= 0.6 is 0 Å². The molecule has 2 fully saturated rings. The average Bonchev–Trinajstić information content (AvgIpc) is 2.82. The van der Waals surface area contributed by atoms with E-state index in [9.17, 15) is 18.0 Å². The molecule has 1 aromatic rings. The molecule has 0 spiro atoms. The molecule has 0 bridgehead atoms. The molecule has 2 atom stereocenters. The second-order valence-electron chi connectivity index (χ2n) is 7.16. The minimum absolute atomic E-state index is 0.00775. The summed E-state index contributed by atoms with van der Waals surface area (Å²) in [6.07, 6.45) is -1.07. The molecule has 1 aromatic heterocycles. The maximum absolute atomic E-state index is 14.2. The molecule has 3 heterocycles. The van der Waals surface area contributed by atoms with Crippen LogP contribution in [0.3, 0.4) is 0 Å². The van der Waals surface area contributed by atoms with Crippen LogP contribution in [0.1, 0.15) is 31.0 Å². The maximum Gasteiger partial charge on any atom is 0.303 e. The predicted molar refractivity (Wildman–Crippen MR) is 83.9 cm³/mol. The second kappa shape index (κ2) is 5.47. The van der Waals surface area contributed by atoms with Gasteiger partial charge in [-0.15, -0.1) is 0 Å². The average molecular weight is 356 g/mol. The SMILES string of the molecule is CC1C(F)CN1c1nc(N2CC(CC(=O)O)C2)c2c(n1)C(F)(F)CC2. The molecule has 9 heteroatoms. The van der Waals surface area contributed by atoms with Gasteiger partial charge in [0.05, 0.1) is 19.0 Å². The Balaban J connectivity index is 1.65. The predicted octanol–water partition coefficient (Wildman–Crippen LogP) is 1.97. The highest BCUT2D eigenvalue weighted by Crippen LogP contribution is 2.45. The van der Waals surface area contributed by atoms with E-state index in [0.29, 0.717) is 24.5 Å². The molecule has 136 valence electrons.